The van der Waals surface area contributed by atoms with E-state index < -0.39 is 11.4 Å². The highest BCUT2D eigenvalue weighted by Gasteiger charge is 2.50. The Morgan fingerprint density at radius 3 is 1.65 bits per heavy atom. The molecule has 0 aliphatic heterocycles. The van der Waals surface area contributed by atoms with E-state index in [1.165, 1.54) is 0 Å². The molecule has 0 saturated carbocycles. The Hall–Kier alpha value is -2.13. The maximum atomic E-state index is 12.9. The van der Waals surface area contributed by atoms with Crippen molar-refractivity contribution >= 4 is 5.97 Å². The summed E-state index contributed by atoms with van der Waals surface area (Å²) in [6.45, 7) is 10.4. The average Bonchev–Trinajstić information content (AvgIpc) is 2.68. The predicted octanol–water partition coefficient (Wildman–Crippen LogP) is 4.81. The van der Waals surface area contributed by atoms with Crippen LogP contribution in [0, 0.1) is 5.92 Å². The summed E-state index contributed by atoms with van der Waals surface area (Å²) in [6.07, 6.45) is 0.785. The highest BCUT2D eigenvalue weighted by Crippen LogP contribution is 2.44. The van der Waals surface area contributed by atoms with Gasteiger partial charge >= 0.3 is 5.97 Å². The van der Waals surface area contributed by atoms with E-state index in [2.05, 4.69) is 32.6 Å². The number of carbonyl (C=O) groups is 1. The van der Waals surface area contributed by atoms with E-state index in [1.807, 2.05) is 60.7 Å². The van der Waals surface area contributed by atoms with Crippen LogP contribution in [0.5, 0.6) is 0 Å². The normalized spacial score (nSPS) is 14.2. The van der Waals surface area contributed by atoms with E-state index >= 15 is 0 Å². The lowest BCUT2D eigenvalue weighted by Gasteiger charge is -2.44. The summed E-state index contributed by atoms with van der Waals surface area (Å²) in [5.41, 5.74) is 0.633. The van der Waals surface area contributed by atoms with Crippen LogP contribution in [0.2, 0.25) is 0 Å². The van der Waals surface area contributed by atoms with Crippen molar-refractivity contribution in [2.45, 2.75) is 45.6 Å². The maximum Gasteiger partial charge on any atom is 0.318 e. The lowest BCUT2D eigenvalue weighted by molar-refractivity contribution is -0.145. The molecular weight excluding hydrogens is 322 g/mol. The summed E-state index contributed by atoms with van der Waals surface area (Å²) in [7, 11) is 0. The first kappa shape index (κ1) is 20.2. The minimum absolute atomic E-state index is 0.0512. The third-order valence-electron chi connectivity index (χ3n) is 5.76. The minimum Gasteiger partial charge on any atom is -0.480 e. The minimum atomic E-state index is -1.07. The van der Waals surface area contributed by atoms with Gasteiger partial charge in [0, 0.05) is 6.04 Å². The monoisotopic (exact) mass is 353 g/mol. The van der Waals surface area contributed by atoms with Crippen LogP contribution in [0.4, 0.5) is 0 Å². The van der Waals surface area contributed by atoms with Gasteiger partial charge in [0.25, 0.3) is 0 Å². The van der Waals surface area contributed by atoms with Gasteiger partial charge in [0.2, 0.25) is 0 Å². The number of hydrogen-bond acceptors (Lipinski definition) is 2. The Balaban J connectivity index is 2.75. The number of rotatable bonds is 9. The van der Waals surface area contributed by atoms with Gasteiger partial charge in [0.05, 0.1) is 0 Å². The molecule has 26 heavy (non-hydrogen) atoms. The third-order valence-corrected chi connectivity index (χ3v) is 5.76. The number of carboxylic acids is 1. The molecule has 2 aromatic carbocycles. The fraction of sp³-hybridized carbons (Fsp3) is 0.435. The smallest absolute Gasteiger partial charge is 0.318 e. The van der Waals surface area contributed by atoms with E-state index in [4.69, 9.17) is 0 Å². The lowest BCUT2D eigenvalue weighted by Crippen LogP contribution is -2.52. The third kappa shape index (κ3) is 3.54. The Kier molecular flexibility index (Phi) is 6.98. The van der Waals surface area contributed by atoms with E-state index in [0.29, 0.717) is 0 Å². The topological polar surface area (TPSA) is 40.5 Å². The molecule has 0 amide bonds. The number of benzene rings is 2. The average molecular weight is 354 g/mol. The first-order valence-corrected chi connectivity index (χ1v) is 9.62. The summed E-state index contributed by atoms with van der Waals surface area (Å²) < 4.78 is 0. The molecule has 1 N–H and O–H groups in total. The van der Waals surface area contributed by atoms with Crippen LogP contribution in [0.15, 0.2) is 60.7 Å². The van der Waals surface area contributed by atoms with Gasteiger partial charge in [0.1, 0.15) is 5.41 Å². The first-order valence-electron chi connectivity index (χ1n) is 9.62. The number of hydrogen-bond donors (Lipinski definition) is 1. The zero-order chi connectivity index (χ0) is 19.2. The van der Waals surface area contributed by atoms with Crippen molar-refractivity contribution in [1.82, 2.24) is 4.90 Å². The zero-order valence-corrected chi connectivity index (χ0v) is 16.4. The van der Waals surface area contributed by atoms with Crippen molar-refractivity contribution in [3.8, 4) is 0 Å². The summed E-state index contributed by atoms with van der Waals surface area (Å²) in [4.78, 5) is 15.3. The summed E-state index contributed by atoms with van der Waals surface area (Å²) >= 11 is 0. The molecule has 140 valence electrons. The summed E-state index contributed by atoms with van der Waals surface area (Å²) in [6, 6.07) is 19.6. The highest BCUT2D eigenvalue weighted by molar-refractivity contribution is 5.86. The Labute approximate surface area is 157 Å². The molecule has 0 spiro atoms. The van der Waals surface area contributed by atoms with Gasteiger partial charge in [-0.25, -0.2) is 0 Å². The van der Waals surface area contributed by atoms with Crippen LogP contribution < -0.4 is 0 Å². The van der Waals surface area contributed by atoms with Crippen molar-refractivity contribution in [3.05, 3.63) is 71.8 Å². The maximum absolute atomic E-state index is 12.9. The van der Waals surface area contributed by atoms with E-state index in [-0.39, 0.29) is 12.0 Å². The Morgan fingerprint density at radius 1 is 0.923 bits per heavy atom. The largest absolute Gasteiger partial charge is 0.480 e. The second-order valence-electron chi connectivity index (χ2n) is 6.82. The number of aliphatic carboxylic acids is 1. The van der Waals surface area contributed by atoms with E-state index in [0.717, 1.165) is 30.6 Å². The standard InChI is InChI=1S/C23H31NO2/c1-5-21(18(4)24(6-2)7-3)23(22(25)26,19-14-10-8-11-15-19)20-16-12-9-13-17-20/h8-18,21H,5-7H2,1-4H3,(H,25,26). The van der Waals surface area contributed by atoms with Crippen molar-refractivity contribution in [3.63, 3.8) is 0 Å². The van der Waals surface area contributed by atoms with Crippen LogP contribution in [0.3, 0.4) is 0 Å². The molecule has 0 aliphatic rings. The summed E-state index contributed by atoms with van der Waals surface area (Å²) in [5.74, 6) is -0.828. The summed E-state index contributed by atoms with van der Waals surface area (Å²) in [5, 5.41) is 10.6. The van der Waals surface area contributed by atoms with Crippen LogP contribution in [-0.4, -0.2) is 35.1 Å². The molecule has 0 fully saturated rings. The van der Waals surface area contributed by atoms with Crippen molar-refractivity contribution in [2.75, 3.05) is 13.1 Å². The molecule has 0 aromatic heterocycles. The van der Waals surface area contributed by atoms with Gasteiger partial charge in [-0.3, -0.25) is 4.79 Å². The van der Waals surface area contributed by atoms with Gasteiger partial charge in [-0.05, 0) is 37.1 Å². The van der Waals surface area contributed by atoms with Gasteiger partial charge < -0.3 is 10.0 Å². The predicted molar refractivity (Wildman–Crippen MR) is 107 cm³/mol. The van der Waals surface area contributed by atoms with Crippen molar-refractivity contribution in [2.24, 2.45) is 5.92 Å². The Morgan fingerprint density at radius 2 is 1.35 bits per heavy atom. The van der Waals surface area contributed by atoms with Crippen molar-refractivity contribution < 1.29 is 9.90 Å². The van der Waals surface area contributed by atoms with Crippen LogP contribution in [-0.2, 0) is 10.2 Å². The quantitative estimate of drug-likeness (QED) is 0.703. The molecule has 0 aliphatic carbocycles. The van der Waals surface area contributed by atoms with Crippen molar-refractivity contribution in [1.29, 1.82) is 0 Å². The molecule has 2 unspecified atom stereocenters. The molecule has 0 radical (unpaired) electrons. The van der Waals surface area contributed by atoms with Gasteiger partial charge in [0.15, 0.2) is 0 Å². The molecule has 2 aromatic rings. The van der Waals surface area contributed by atoms with E-state index in [1.54, 1.807) is 0 Å². The molecule has 0 bridgehead atoms. The molecule has 2 rings (SSSR count). The first-order chi connectivity index (χ1) is 12.5. The number of carboxylic acid groups (broad SMARTS) is 1. The molecule has 0 heterocycles. The van der Waals surface area contributed by atoms with Crippen LogP contribution in [0.1, 0.15) is 45.2 Å². The second-order valence-corrected chi connectivity index (χ2v) is 6.82. The van der Waals surface area contributed by atoms with Gasteiger partial charge in [-0.1, -0.05) is 87.9 Å². The SMILES string of the molecule is CCC(C(C)N(CC)CC)C(C(=O)O)(c1ccccc1)c1ccccc1. The molecule has 3 nitrogen and oxygen atoms in total. The van der Waals surface area contributed by atoms with E-state index in [9.17, 15) is 9.90 Å². The van der Waals surface area contributed by atoms with Gasteiger partial charge in [-0.2, -0.15) is 0 Å². The fourth-order valence-corrected chi connectivity index (χ4v) is 4.47. The molecular formula is C23H31NO2. The molecule has 3 heteroatoms. The molecule has 2 atom stereocenters. The highest BCUT2D eigenvalue weighted by atomic mass is 16.4. The van der Waals surface area contributed by atoms with Crippen LogP contribution in [0.25, 0.3) is 0 Å². The second kappa shape index (κ2) is 9.00. The van der Waals surface area contributed by atoms with Crippen LogP contribution >= 0.6 is 0 Å². The lowest BCUT2D eigenvalue weighted by atomic mass is 9.62. The fourth-order valence-electron chi connectivity index (χ4n) is 4.47. The van der Waals surface area contributed by atoms with Gasteiger partial charge in [-0.15, -0.1) is 0 Å². The zero-order valence-electron chi connectivity index (χ0n) is 16.4. The number of nitrogens with zero attached hydrogens (tertiary/aromatic N) is 1. The Bertz CT molecular complexity index is 640. The molecule has 0 saturated heterocycles.